The second kappa shape index (κ2) is 7.34. The minimum absolute atomic E-state index is 0.535. The van der Waals surface area contributed by atoms with Gasteiger partial charge in [0.25, 0.3) is 0 Å². The normalized spacial score (nSPS) is 20.8. The number of likely N-dealkylation sites (tertiary alicyclic amines) is 1. The highest BCUT2D eigenvalue weighted by molar-refractivity contribution is 7.98. The molecule has 0 bridgehead atoms. The lowest BCUT2D eigenvalue weighted by Gasteiger charge is -2.26. The number of nitrogens with zero attached hydrogens (tertiary/aromatic N) is 4. The van der Waals surface area contributed by atoms with Crippen LogP contribution in [0.15, 0.2) is 41.4 Å². The molecule has 1 saturated heterocycles. The van der Waals surface area contributed by atoms with Crippen LogP contribution in [0, 0.1) is 0 Å². The molecule has 1 aromatic carbocycles. The van der Waals surface area contributed by atoms with Gasteiger partial charge < -0.3 is 4.90 Å². The third-order valence-electron chi connectivity index (χ3n) is 5.32. The minimum atomic E-state index is 0.535. The van der Waals surface area contributed by atoms with Gasteiger partial charge in [-0.05, 0) is 49.3 Å². The standard InChI is InChI=1S/C20H26N4S/c1-23(19-9-11-21-20(22-19)16-5-6-16)17-10-12-24(14-17)13-15-3-7-18(25-2)8-4-15/h3-4,7-9,11,16-17H,5-6,10,12-14H2,1-2H3. The monoisotopic (exact) mass is 354 g/mol. The van der Waals surface area contributed by atoms with Gasteiger partial charge in [0.1, 0.15) is 11.6 Å². The summed E-state index contributed by atoms with van der Waals surface area (Å²) in [5.41, 5.74) is 1.40. The second-order valence-corrected chi connectivity index (χ2v) is 8.06. The van der Waals surface area contributed by atoms with E-state index in [9.17, 15) is 0 Å². The molecule has 2 aliphatic rings. The quantitative estimate of drug-likeness (QED) is 0.737. The minimum Gasteiger partial charge on any atom is -0.355 e. The highest BCUT2D eigenvalue weighted by Crippen LogP contribution is 2.38. The molecule has 1 aliphatic heterocycles. The van der Waals surface area contributed by atoms with Crippen molar-refractivity contribution >= 4 is 17.6 Å². The SMILES string of the molecule is CSc1ccc(CN2CCC(N(C)c3ccnc(C4CC4)n3)C2)cc1. The molecule has 1 atom stereocenters. The fourth-order valence-corrected chi connectivity index (χ4v) is 3.95. The van der Waals surface area contributed by atoms with Crippen LogP contribution in [0.1, 0.15) is 36.6 Å². The molecule has 1 unspecified atom stereocenters. The van der Waals surface area contributed by atoms with E-state index in [0.717, 1.165) is 31.3 Å². The first kappa shape index (κ1) is 16.9. The Morgan fingerprint density at radius 2 is 1.96 bits per heavy atom. The van der Waals surface area contributed by atoms with Crippen LogP contribution in [0.4, 0.5) is 5.82 Å². The van der Waals surface area contributed by atoms with Crippen molar-refractivity contribution in [1.29, 1.82) is 0 Å². The van der Waals surface area contributed by atoms with E-state index in [1.54, 1.807) is 11.8 Å². The van der Waals surface area contributed by atoms with Crippen LogP contribution in [0.5, 0.6) is 0 Å². The number of anilines is 1. The molecule has 0 amide bonds. The van der Waals surface area contributed by atoms with Crippen molar-refractivity contribution in [2.24, 2.45) is 0 Å². The summed E-state index contributed by atoms with van der Waals surface area (Å²) in [6.45, 7) is 3.29. The summed E-state index contributed by atoms with van der Waals surface area (Å²) in [5, 5.41) is 0. The highest BCUT2D eigenvalue weighted by atomic mass is 32.2. The molecule has 0 N–H and O–H groups in total. The summed E-state index contributed by atoms with van der Waals surface area (Å²) < 4.78 is 0. The molecule has 2 heterocycles. The predicted molar refractivity (Wildman–Crippen MR) is 104 cm³/mol. The molecular formula is C20H26N4S. The highest BCUT2D eigenvalue weighted by Gasteiger charge is 2.29. The molecule has 4 rings (SSSR count). The molecular weight excluding hydrogens is 328 g/mol. The predicted octanol–water partition coefficient (Wildman–Crippen LogP) is 3.79. The Morgan fingerprint density at radius 1 is 1.16 bits per heavy atom. The van der Waals surface area contributed by atoms with E-state index in [2.05, 4.69) is 58.4 Å². The molecule has 2 fully saturated rings. The van der Waals surface area contributed by atoms with Gasteiger partial charge in [0.15, 0.2) is 0 Å². The summed E-state index contributed by atoms with van der Waals surface area (Å²) in [5.74, 6) is 2.72. The number of aromatic nitrogens is 2. The van der Waals surface area contributed by atoms with E-state index in [1.165, 1.54) is 29.7 Å². The molecule has 5 heteroatoms. The number of thioether (sulfide) groups is 1. The lowest BCUT2D eigenvalue weighted by molar-refractivity contribution is 0.325. The topological polar surface area (TPSA) is 32.3 Å². The average Bonchev–Trinajstić information content (AvgIpc) is 3.41. The third-order valence-corrected chi connectivity index (χ3v) is 6.07. The largest absolute Gasteiger partial charge is 0.355 e. The van der Waals surface area contributed by atoms with Gasteiger partial charge in [-0.3, -0.25) is 4.90 Å². The van der Waals surface area contributed by atoms with Crippen LogP contribution in [-0.2, 0) is 6.54 Å². The van der Waals surface area contributed by atoms with Gasteiger partial charge in [0, 0.05) is 49.7 Å². The molecule has 1 aliphatic carbocycles. The number of hydrogen-bond donors (Lipinski definition) is 0. The first-order valence-corrected chi connectivity index (χ1v) is 10.4. The van der Waals surface area contributed by atoms with Crippen molar-refractivity contribution in [3.8, 4) is 0 Å². The maximum absolute atomic E-state index is 4.80. The van der Waals surface area contributed by atoms with E-state index >= 15 is 0 Å². The fraction of sp³-hybridized carbons (Fsp3) is 0.500. The Kier molecular flexibility index (Phi) is 4.95. The molecule has 2 aromatic rings. The molecule has 25 heavy (non-hydrogen) atoms. The second-order valence-electron chi connectivity index (χ2n) is 7.18. The Bertz CT molecular complexity index is 714. The van der Waals surface area contributed by atoms with Crippen molar-refractivity contribution in [3.63, 3.8) is 0 Å². The molecule has 0 spiro atoms. The first-order valence-electron chi connectivity index (χ1n) is 9.14. The van der Waals surface area contributed by atoms with Gasteiger partial charge in [-0.25, -0.2) is 9.97 Å². The summed E-state index contributed by atoms with van der Waals surface area (Å²) in [6, 6.07) is 11.5. The fourth-order valence-electron chi connectivity index (χ4n) is 3.55. The Morgan fingerprint density at radius 3 is 2.68 bits per heavy atom. The van der Waals surface area contributed by atoms with Gasteiger partial charge in [0.2, 0.25) is 0 Å². The van der Waals surface area contributed by atoms with Crippen LogP contribution in [0.2, 0.25) is 0 Å². The Balaban J connectivity index is 1.37. The van der Waals surface area contributed by atoms with Crippen molar-refractivity contribution in [3.05, 3.63) is 47.9 Å². The summed E-state index contributed by atoms with van der Waals surface area (Å²) in [4.78, 5) is 15.5. The van der Waals surface area contributed by atoms with Crippen molar-refractivity contribution in [2.75, 3.05) is 31.3 Å². The lowest BCUT2D eigenvalue weighted by atomic mass is 10.2. The number of hydrogen-bond acceptors (Lipinski definition) is 5. The molecule has 132 valence electrons. The zero-order valence-electron chi connectivity index (χ0n) is 15.1. The maximum atomic E-state index is 4.80. The average molecular weight is 355 g/mol. The van der Waals surface area contributed by atoms with E-state index in [1.807, 2.05) is 6.20 Å². The van der Waals surface area contributed by atoms with Crippen LogP contribution in [-0.4, -0.2) is 47.3 Å². The zero-order chi connectivity index (χ0) is 17.2. The summed E-state index contributed by atoms with van der Waals surface area (Å²) >= 11 is 1.80. The van der Waals surface area contributed by atoms with Crippen molar-refractivity contribution in [2.45, 2.75) is 42.7 Å². The Hall–Kier alpha value is -1.59. The van der Waals surface area contributed by atoms with Crippen LogP contribution < -0.4 is 4.90 Å². The lowest BCUT2D eigenvalue weighted by Crippen LogP contribution is -2.35. The van der Waals surface area contributed by atoms with Gasteiger partial charge in [-0.1, -0.05) is 12.1 Å². The van der Waals surface area contributed by atoms with Crippen LogP contribution in [0.3, 0.4) is 0 Å². The Labute approximate surface area is 154 Å². The van der Waals surface area contributed by atoms with Crippen LogP contribution >= 0.6 is 11.8 Å². The van der Waals surface area contributed by atoms with Crippen molar-refractivity contribution < 1.29 is 0 Å². The van der Waals surface area contributed by atoms with Crippen molar-refractivity contribution in [1.82, 2.24) is 14.9 Å². The smallest absolute Gasteiger partial charge is 0.133 e. The maximum Gasteiger partial charge on any atom is 0.133 e. The van der Waals surface area contributed by atoms with E-state index in [4.69, 9.17) is 4.98 Å². The summed E-state index contributed by atoms with van der Waals surface area (Å²) in [7, 11) is 2.18. The third kappa shape index (κ3) is 3.98. The van der Waals surface area contributed by atoms with E-state index in [0.29, 0.717) is 12.0 Å². The molecule has 1 aromatic heterocycles. The molecule has 0 radical (unpaired) electrons. The number of rotatable bonds is 6. The van der Waals surface area contributed by atoms with Crippen LogP contribution in [0.25, 0.3) is 0 Å². The van der Waals surface area contributed by atoms with Gasteiger partial charge in [0.05, 0.1) is 0 Å². The first-order chi connectivity index (χ1) is 12.2. The zero-order valence-corrected chi connectivity index (χ0v) is 15.9. The van der Waals surface area contributed by atoms with Gasteiger partial charge in [-0.15, -0.1) is 11.8 Å². The van der Waals surface area contributed by atoms with Gasteiger partial charge in [-0.2, -0.15) is 0 Å². The molecule has 1 saturated carbocycles. The number of likely N-dealkylation sites (N-methyl/N-ethyl adjacent to an activating group) is 1. The molecule has 4 nitrogen and oxygen atoms in total. The van der Waals surface area contributed by atoms with E-state index in [-0.39, 0.29) is 0 Å². The van der Waals surface area contributed by atoms with Gasteiger partial charge >= 0.3 is 0 Å². The summed E-state index contributed by atoms with van der Waals surface area (Å²) in [6.07, 6.45) is 7.74. The van der Waals surface area contributed by atoms with E-state index < -0.39 is 0 Å². The number of benzene rings is 1.